The van der Waals surface area contributed by atoms with Crippen molar-refractivity contribution in [3.8, 4) is 22.9 Å². The van der Waals surface area contributed by atoms with Gasteiger partial charge in [-0.2, -0.15) is 0 Å². The Bertz CT molecular complexity index is 2040. The predicted octanol–water partition coefficient (Wildman–Crippen LogP) is 7.18. The quantitative estimate of drug-likeness (QED) is 0.0999. The summed E-state index contributed by atoms with van der Waals surface area (Å²) in [5.74, 6) is -6.03. The SMILES string of the molecule is COc1cc(Cl)ncc1COc1nc(-c2cc(F)c(Cc3nc4ccc(C(=O)O)cc4n3[C@@H]3COCC3(C)C)c(F)c2F)ccc1F. The Morgan fingerprint density at radius 3 is 2.57 bits per heavy atom. The lowest BCUT2D eigenvalue weighted by Crippen LogP contribution is -2.27. The fraction of sp³-hybridized carbons (Fsp3) is 0.273. The molecule has 0 bridgehead atoms. The molecule has 0 radical (unpaired) electrons. The van der Waals surface area contributed by atoms with Gasteiger partial charge in [-0.15, -0.1) is 0 Å². The van der Waals surface area contributed by atoms with Gasteiger partial charge in [0.25, 0.3) is 5.88 Å². The van der Waals surface area contributed by atoms with Gasteiger partial charge >= 0.3 is 5.97 Å². The van der Waals surface area contributed by atoms with Gasteiger partial charge in [-0.1, -0.05) is 25.4 Å². The highest BCUT2D eigenvalue weighted by molar-refractivity contribution is 6.29. The van der Waals surface area contributed by atoms with Crippen LogP contribution >= 0.6 is 11.6 Å². The summed E-state index contributed by atoms with van der Waals surface area (Å²) >= 11 is 5.88. The van der Waals surface area contributed by atoms with E-state index < -0.39 is 58.1 Å². The monoisotopic (exact) mass is 670 g/mol. The summed E-state index contributed by atoms with van der Waals surface area (Å²) in [6, 6.07) is 8.22. The van der Waals surface area contributed by atoms with Crippen LogP contribution in [0.3, 0.4) is 0 Å². The number of hydrogen-bond donors (Lipinski definition) is 1. The number of benzene rings is 2. The molecule has 0 aliphatic carbocycles. The molecule has 1 N–H and O–H groups in total. The van der Waals surface area contributed by atoms with E-state index in [4.69, 9.17) is 25.8 Å². The Labute approximate surface area is 270 Å². The lowest BCUT2D eigenvalue weighted by Gasteiger charge is -2.28. The molecule has 0 spiro atoms. The molecule has 1 saturated heterocycles. The minimum absolute atomic E-state index is 0.00814. The van der Waals surface area contributed by atoms with Crippen molar-refractivity contribution in [3.63, 3.8) is 0 Å². The third-order valence-corrected chi connectivity index (χ3v) is 8.35. The first-order valence-electron chi connectivity index (χ1n) is 14.3. The number of ether oxygens (including phenoxy) is 3. The average Bonchev–Trinajstić information content (AvgIpc) is 3.57. The van der Waals surface area contributed by atoms with Crippen LogP contribution in [0.5, 0.6) is 11.6 Å². The molecule has 1 aliphatic rings. The van der Waals surface area contributed by atoms with E-state index in [1.165, 1.54) is 37.6 Å². The van der Waals surface area contributed by atoms with Crippen LogP contribution < -0.4 is 9.47 Å². The van der Waals surface area contributed by atoms with E-state index in [9.17, 15) is 14.3 Å². The van der Waals surface area contributed by atoms with Gasteiger partial charge in [0.2, 0.25) is 0 Å². The molecule has 1 fully saturated rings. The predicted molar refractivity (Wildman–Crippen MR) is 163 cm³/mol. The van der Waals surface area contributed by atoms with Crippen LogP contribution in [-0.4, -0.2) is 50.9 Å². The Kier molecular flexibility index (Phi) is 8.53. The molecule has 1 atom stereocenters. The van der Waals surface area contributed by atoms with E-state index in [0.29, 0.717) is 29.0 Å². The van der Waals surface area contributed by atoms with Gasteiger partial charge in [-0.25, -0.2) is 37.3 Å². The lowest BCUT2D eigenvalue weighted by atomic mass is 9.87. The summed E-state index contributed by atoms with van der Waals surface area (Å²) in [5.41, 5.74) is -0.595. The minimum atomic E-state index is -1.47. The molecular formula is C33H27ClF4N4O5. The van der Waals surface area contributed by atoms with Crippen molar-refractivity contribution in [1.82, 2.24) is 19.5 Å². The number of methoxy groups -OCH3 is 1. The second kappa shape index (κ2) is 12.5. The van der Waals surface area contributed by atoms with E-state index in [1.54, 1.807) is 4.57 Å². The molecule has 2 aromatic carbocycles. The normalized spacial score (nSPS) is 15.7. The molecule has 47 heavy (non-hydrogen) atoms. The lowest BCUT2D eigenvalue weighted by molar-refractivity contribution is 0.0697. The zero-order chi connectivity index (χ0) is 33.6. The number of carboxylic acids is 1. The van der Waals surface area contributed by atoms with Crippen LogP contribution in [0.25, 0.3) is 22.3 Å². The van der Waals surface area contributed by atoms with E-state index >= 15 is 13.2 Å². The van der Waals surface area contributed by atoms with Crippen molar-refractivity contribution in [2.75, 3.05) is 20.3 Å². The molecule has 14 heteroatoms. The highest BCUT2D eigenvalue weighted by Gasteiger charge is 2.39. The van der Waals surface area contributed by atoms with Gasteiger partial charge in [0.1, 0.15) is 29.2 Å². The van der Waals surface area contributed by atoms with Gasteiger partial charge in [0, 0.05) is 40.8 Å². The standard InChI is InChI=1S/C33H27ClF4N4O5/c1-33(2)15-46-14-26(33)42-24-8-16(32(43)44)4-6-23(24)40-28(42)10-18-21(36)9-19(30(38)29(18)37)22-7-5-20(35)31(41-22)47-13-17-12-39-27(34)11-25(17)45-3/h4-9,11-12,26H,10,13-15H2,1-3H3,(H,43,44)/t26-/m1/s1. The molecule has 244 valence electrons. The fourth-order valence-corrected chi connectivity index (χ4v) is 5.78. The highest BCUT2D eigenvalue weighted by Crippen LogP contribution is 2.41. The van der Waals surface area contributed by atoms with Gasteiger partial charge in [0.05, 0.1) is 48.7 Å². The van der Waals surface area contributed by atoms with Crippen molar-refractivity contribution in [3.05, 3.63) is 99.6 Å². The van der Waals surface area contributed by atoms with E-state index in [1.807, 2.05) is 13.8 Å². The summed E-state index contributed by atoms with van der Waals surface area (Å²) in [6.45, 7) is 4.30. The number of aromatic nitrogens is 4. The minimum Gasteiger partial charge on any atom is -0.496 e. The van der Waals surface area contributed by atoms with E-state index in [-0.39, 0.29) is 41.5 Å². The topological polar surface area (TPSA) is 109 Å². The van der Waals surface area contributed by atoms with Gasteiger partial charge in [-0.3, -0.25) is 0 Å². The van der Waals surface area contributed by atoms with Crippen LogP contribution in [0.15, 0.2) is 48.7 Å². The number of imidazole rings is 1. The molecule has 1 aliphatic heterocycles. The Morgan fingerprint density at radius 1 is 1.09 bits per heavy atom. The fourth-order valence-electron chi connectivity index (χ4n) is 5.63. The summed E-state index contributed by atoms with van der Waals surface area (Å²) in [6.07, 6.45) is 0.910. The van der Waals surface area contributed by atoms with Crippen molar-refractivity contribution in [2.24, 2.45) is 5.41 Å². The van der Waals surface area contributed by atoms with Gasteiger partial charge in [-0.05, 0) is 36.4 Å². The molecule has 0 unspecified atom stereocenters. The first-order chi connectivity index (χ1) is 22.4. The number of fused-ring (bicyclic) bond motifs is 1. The zero-order valence-electron chi connectivity index (χ0n) is 25.3. The molecule has 3 aromatic heterocycles. The van der Waals surface area contributed by atoms with Crippen LogP contribution in [0, 0.1) is 28.7 Å². The largest absolute Gasteiger partial charge is 0.496 e. The Hall–Kier alpha value is -4.75. The number of carboxylic acid groups (broad SMARTS) is 1. The summed E-state index contributed by atoms with van der Waals surface area (Å²) in [4.78, 5) is 24.2. The van der Waals surface area contributed by atoms with Crippen molar-refractivity contribution >= 4 is 28.6 Å². The van der Waals surface area contributed by atoms with Crippen molar-refractivity contribution in [2.45, 2.75) is 32.9 Å². The number of rotatable bonds is 9. The molecule has 9 nitrogen and oxygen atoms in total. The van der Waals surface area contributed by atoms with Crippen LogP contribution in [-0.2, 0) is 17.8 Å². The molecule has 4 heterocycles. The third-order valence-electron chi connectivity index (χ3n) is 8.15. The van der Waals surface area contributed by atoms with Crippen LogP contribution in [0.2, 0.25) is 5.15 Å². The first kappa shape index (κ1) is 32.2. The first-order valence-corrected chi connectivity index (χ1v) is 14.7. The van der Waals surface area contributed by atoms with Gasteiger partial charge < -0.3 is 23.9 Å². The third kappa shape index (κ3) is 6.08. The number of hydrogen-bond acceptors (Lipinski definition) is 7. The molecule has 6 rings (SSSR count). The second-order valence-electron chi connectivity index (χ2n) is 11.7. The summed E-state index contributed by atoms with van der Waals surface area (Å²) in [7, 11) is 1.40. The number of nitrogens with zero attached hydrogens (tertiary/aromatic N) is 4. The zero-order valence-corrected chi connectivity index (χ0v) is 26.0. The highest BCUT2D eigenvalue weighted by atomic mass is 35.5. The number of carbonyl (C=O) groups is 1. The Morgan fingerprint density at radius 2 is 1.87 bits per heavy atom. The van der Waals surface area contributed by atoms with Crippen LogP contribution in [0.1, 0.15) is 47.2 Å². The van der Waals surface area contributed by atoms with E-state index in [0.717, 1.165) is 18.2 Å². The number of halogens is 5. The van der Waals surface area contributed by atoms with Crippen molar-refractivity contribution in [1.29, 1.82) is 0 Å². The summed E-state index contributed by atoms with van der Waals surface area (Å²) < 4.78 is 79.8. The van der Waals surface area contributed by atoms with Gasteiger partial charge in [0.15, 0.2) is 17.5 Å². The molecular weight excluding hydrogens is 644 g/mol. The molecule has 0 saturated carbocycles. The van der Waals surface area contributed by atoms with Crippen molar-refractivity contribution < 1.29 is 41.7 Å². The second-order valence-corrected chi connectivity index (χ2v) is 12.1. The maximum atomic E-state index is 15.7. The molecule has 0 amide bonds. The van der Waals surface area contributed by atoms with E-state index in [2.05, 4.69) is 15.0 Å². The maximum Gasteiger partial charge on any atom is 0.335 e. The van der Waals surface area contributed by atoms with Crippen LogP contribution in [0.4, 0.5) is 17.6 Å². The number of pyridine rings is 2. The molecule has 5 aromatic rings. The maximum absolute atomic E-state index is 15.7. The Balaban J connectivity index is 1.36. The number of aromatic carboxylic acids is 1. The smallest absolute Gasteiger partial charge is 0.335 e. The summed E-state index contributed by atoms with van der Waals surface area (Å²) in [5, 5.41) is 9.74. The average molecular weight is 671 g/mol.